The summed E-state index contributed by atoms with van der Waals surface area (Å²) in [5, 5.41) is 11.1. The van der Waals surface area contributed by atoms with Crippen molar-refractivity contribution in [2.75, 3.05) is 20.7 Å². The normalized spacial score (nSPS) is 10.9. The van der Waals surface area contributed by atoms with Gasteiger partial charge in [0, 0.05) is 38.3 Å². The van der Waals surface area contributed by atoms with Crippen molar-refractivity contribution in [1.29, 1.82) is 0 Å². The van der Waals surface area contributed by atoms with E-state index in [9.17, 15) is 4.39 Å². The minimum Gasteiger partial charge on any atom is -0.496 e. The first-order valence-corrected chi connectivity index (χ1v) is 9.06. The summed E-state index contributed by atoms with van der Waals surface area (Å²) < 4.78 is 20.1. The molecular weight excluding hydrogens is 484 g/mol. The van der Waals surface area contributed by atoms with E-state index in [1.165, 1.54) is 12.1 Å². The maximum atomic E-state index is 13.0. The summed E-state index contributed by atoms with van der Waals surface area (Å²) in [4.78, 5) is 4.24. The molecule has 2 aromatic carbocycles. The quantitative estimate of drug-likeness (QED) is 0.291. The van der Waals surface area contributed by atoms with Crippen molar-refractivity contribution in [2.45, 2.75) is 13.0 Å². The number of para-hydroxylation sites is 1. The SMILES string of the molecule is CN=C(NCCc1ccn(-c2ccc(F)cc2)n1)NCc1ccccc1OC.I. The highest BCUT2D eigenvalue weighted by atomic mass is 127. The molecule has 0 aliphatic carbocycles. The summed E-state index contributed by atoms with van der Waals surface area (Å²) in [7, 11) is 3.40. The predicted molar refractivity (Wildman–Crippen MR) is 124 cm³/mol. The first-order chi connectivity index (χ1) is 13.7. The van der Waals surface area contributed by atoms with Gasteiger partial charge in [0.15, 0.2) is 5.96 Å². The third-order valence-electron chi connectivity index (χ3n) is 4.27. The Morgan fingerprint density at radius 2 is 1.86 bits per heavy atom. The second-order valence-corrected chi connectivity index (χ2v) is 6.14. The van der Waals surface area contributed by atoms with E-state index in [0.29, 0.717) is 19.0 Å². The number of nitrogens with one attached hydrogen (secondary N) is 2. The number of hydrogen-bond acceptors (Lipinski definition) is 3. The molecule has 3 rings (SSSR count). The van der Waals surface area contributed by atoms with Gasteiger partial charge < -0.3 is 15.4 Å². The van der Waals surface area contributed by atoms with E-state index >= 15 is 0 Å². The van der Waals surface area contributed by atoms with Crippen LogP contribution in [0.15, 0.2) is 65.8 Å². The van der Waals surface area contributed by atoms with Crippen molar-refractivity contribution in [2.24, 2.45) is 4.99 Å². The monoisotopic (exact) mass is 509 g/mol. The van der Waals surface area contributed by atoms with E-state index in [0.717, 1.165) is 29.1 Å². The van der Waals surface area contributed by atoms with Crippen molar-refractivity contribution < 1.29 is 9.13 Å². The fraction of sp³-hybridized carbons (Fsp3) is 0.238. The number of hydrogen-bond donors (Lipinski definition) is 2. The van der Waals surface area contributed by atoms with Gasteiger partial charge in [-0.1, -0.05) is 18.2 Å². The molecule has 0 fully saturated rings. The van der Waals surface area contributed by atoms with Crippen molar-refractivity contribution >= 4 is 29.9 Å². The third kappa shape index (κ3) is 6.45. The van der Waals surface area contributed by atoms with Gasteiger partial charge in [0.1, 0.15) is 11.6 Å². The molecule has 8 heteroatoms. The maximum absolute atomic E-state index is 13.0. The van der Waals surface area contributed by atoms with Crippen LogP contribution in [-0.2, 0) is 13.0 Å². The highest BCUT2D eigenvalue weighted by molar-refractivity contribution is 14.0. The molecule has 0 spiro atoms. The zero-order chi connectivity index (χ0) is 19.8. The average Bonchev–Trinajstić information content (AvgIpc) is 3.20. The maximum Gasteiger partial charge on any atom is 0.191 e. The van der Waals surface area contributed by atoms with E-state index in [1.807, 2.05) is 36.5 Å². The van der Waals surface area contributed by atoms with Crippen LogP contribution in [0, 0.1) is 5.82 Å². The summed E-state index contributed by atoms with van der Waals surface area (Å²) in [5.74, 6) is 1.30. The number of rotatable bonds is 7. The van der Waals surface area contributed by atoms with Crippen LogP contribution in [0.3, 0.4) is 0 Å². The van der Waals surface area contributed by atoms with Crippen LogP contribution in [0.5, 0.6) is 5.75 Å². The lowest BCUT2D eigenvalue weighted by atomic mass is 10.2. The molecule has 3 aromatic rings. The lowest BCUT2D eigenvalue weighted by Crippen LogP contribution is -2.38. The van der Waals surface area contributed by atoms with Crippen LogP contribution < -0.4 is 15.4 Å². The Morgan fingerprint density at radius 3 is 2.59 bits per heavy atom. The Morgan fingerprint density at radius 1 is 1.10 bits per heavy atom. The number of methoxy groups -OCH3 is 1. The van der Waals surface area contributed by atoms with E-state index in [-0.39, 0.29) is 29.8 Å². The van der Waals surface area contributed by atoms with Gasteiger partial charge in [-0.25, -0.2) is 9.07 Å². The second kappa shape index (κ2) is 11.4. The van der Waals surface area contributed by atoms with Crippen LogP contribution in [0.4, 0.5) is 4.39 Å². The highest BCUT2D eigenvalue weighted by Gasteiger charge is 2.05. The number of halogens is 2. The zero-order valence-electron chi connectivity index (χ0n) is 16.4. The molecular formula is C21H25FIN5O. The first-order valence-electron chi connectivity index (χ1n) is 9.06. The number of nitrogens with zero attached hydrogens (tertiary/aromatic N) is 3. The standard InChI is InChI=1S/C21H24FN5O.HI/c1-23-21(25-15-16-5-3-4-6-20(16)28-2)24-13-11-18-12-14-27(26-18)19-9-7-17(22)8-10-19;/h3-10,12,14H,11,13,15H2,1-2H3,(H2,23,24,25);1H. The van der Waals surface area contributed by atoms with E-state index in [2.05, 4.69) is 20.7 Å². The molecule has 0 saturated heterocycles. The molecule has 0 amide bonds. The van der Waals surface area contributed by atoms with Gasteiger partial charge in [-0.3, -0.25) is 4.99 Å². The van der Waals surface area contributed by atoms with Gasteiger partial charge in [0.05, 0.1) is 18.5 Å². The Balaban J connectivity index is 0.00000300. The number of aromatic nitrogens is 2. The number of ether oxygens (including phenoxy) is 1. The Bertz CT molecular complexity index is 927. The molecule has 0 aliphatic heterocycles. The fourth-order valence-electron chi connectivity index (χ4n) is 2.79. The lowest BCUT2D eigenvalue weighted by Gasteiger charge is -2.13. The molecule has 154 valence electrons. The molecule has 0 radical (unpaired) electrons. The predicted octanol–water partition coefficient (Wildman–Crippen LogP) is 3.55. The number of guanidine groups is 1. The van der Waals surface area contributed by atoms with E-state index < -0.39 is 0 Å². The largest absolute Gasteiger partial charge is 0.496 e. The van der Waals surface area contributed by atoms with Crippen LogP contribution in [0.2, 0.25) is 0 Å². The molecule has 0 aliphatic rings. The van der Waals surface area contributed by atoms with Crippen LogP contribution in [0.25, 0.3) is 5.69 Å². The van der Waals surface area contributed by atoms with Crippen molar-refractivity contribution in [3.63, 3.8) is 0 Å². The van der Waals surface area contributed by atoms with Crippen molar-refractivity contribution in [3.05, 3.63) is 77.9 Å². The van der Waals surface area contributed by atoms with Gasteiger partial charge in [0.25, 0.3) is 0 Å². The number of aliphatic imine (C=N–C) groups is 1. The van der Waals surface area contributed by atoms with Crippen LogP contribution in [-0.4, -0.2) is 36.4 Å². The van der Waals surface area contributed by atoms with Crippen molar-refractivity contribution in [3.8, 4) is 11.4 Å². The van der Waals surface area contributed by atoms with E-state index in [4.69, 9.17) is 4.74 Å². The van der Waals surface area contributed by atoms with Gasteiger partial charge >= 0.3 is 0 Å². The van der Waals surface area contributed by atoms with Crippen LogP contribution >= 0.6 is 24.0 Å². The molecule has 0 bridgehead atoms. The van der Waals surface area contributed by atoms with Gasteiger partial charge in [-0.05, 0) is 36.4 Å². The Hall–Kier alpha value is -2.62. The minimum atomic E-state index is -0.257. The second-order valence-electron chi connectivity index (χ2n) is 6.14. The van der Waals surface area contributed by atoms with Gasteiger partial charge in [-0.15, -0.1) is 24.0 Å². The summed E-state index contributed by atoms with van der Waals surface area (Å²) in [6, 6.07) is 16.1. The molecule has 0 atom stereocenters. The smallest absolute Gasteiger partial charge is 0.191 e. The summed E-state index contributed by atoms with van der Waals surface area (Å²) in [6.45, 7) is 1.30. The molecule has 0 saturated carbocycles. The minimum absolute atomic E-state index is 0. The van der Waals surface area contributed by atoms with E-state index in [1.54, 1.807) is 31.0 Å². The van der Waals surface area contributed by atoms with Crippen LogP contribution in [0.1, 0.15) is 11.3 Å². The summed E-state index contributed by atoms with van der Waals surface area (Å²) in [6.07, 6.45) is 2.61. The number of benzene rings is 2. The molecule has 0 unspecified atom stereocenters. The summed E-state index contributed by atoms with van der Waals surface area (Å²) >= 11 is 0. The molecule has 6 nitrogen and oxygen atoms in total. The fourth-order valence-corrected chi connectivity index (χ4v) is 2.79. The average molecular weight is 509 g/mol. The molecule has 1 aromatic heterocycles. The molecule has 2 N–H and O–H groups in total. The topological polar surface area (TPSA) is 63.5 Å². The Kier molecular flexibility index (Phi) is 8.91. The third-order valence-corrected chi connectivity index (χ3v) is 4.27. The molecule has 1 heterocycles. The summed E-state index contributed by atoms with van der Waals surface area (Å²) in [5.41, 5.74) is 2.83. The molecule has 29 heavy (non-hydrogen) atoms. The van der Waals surface area contributed by atoms with Crippen molar-refractivity contribution in [1.82, 2.24) is 20.4 Å². The lowest BCUT2D eigenvalue weighted by molar-refractivity contribution is 0.409. The Labute approximate surface area is 187 Å². The van der Waals surface area contributed by atoms with Gasteiger partial charge in [-0.2, -0.15) is 5.10 Å². The van der Waals surface area contributed by atoms with Gasteiger partial charge in [0.2, 0.25) is 0 Å². The zero-order valence-corrected chi connectivity index (χ0v) is 18.8. The highest BCUT2D eigenvalue weighted by Crippen LogP contribution is 2.16. The first kappa shape index (κ1) is 22.7.